The van der Waals surface area contributed by atoms with Crippen molar-refractivity contribution >= 4 is 29.3 Å². The number of carbonyl (C=O) groups is 2. The van der Waals surface area contributed by atoms with E-state index < -0.39 is 12.1 Å². The fourth-order valence-electron chi connectivity index (χ4n) is 3.42. The molecule has 0 aromatic heterocycles. The van der Waals surface area contributed by atoms with E-state index >= 15 is 0 Å². The highest BCUT2D eigenvalue weighted by Crippen LogP contribution is 2.30. The van der Waals surface area contributed by atoms with Crippen LogP contribution in [0.5, 0.6) is 5.75 Å². The Morgan fingerprint density at radius 1 is 1.20 bits per heavy atom. The zero-order valence-corrected chi connectivity index (χ0v) is 19.7. The van der Waals surface area contributed by atoms with Crippen molar-refractivity contribution in [2.24, 2.45) is 0 Å². The lowest BCUT2D eigenvalue weighted by molar-refractivity contribution is 0.0906. The molecular formula is C25H29N5O5. The second kappa shape index (κ2) is 12.7. The van der Waals surface area contributed by atoms with Gasteiger partial charge in [-0.15, -0.1) is 0 Å². The van der Waals surface area contributed by atoms with Crippen molar-refractivity contribution in [1.29, 1.82) is 5.26 Å². The molecule has 184 valence electrons. The number of carbonyl (C=O) groups excluding carboxylic acids is 2. The van der Waals surface area contributed by atoms with Crippen LogP contribution in [0.2, 0.25) is 0 Å². The minimum Gasteiger partial charge on any atom is -0.496 e. The Labute approximate surface area is 204 Å². The van der Waals surface area contributed by atoms with Crippen LogP contribution in [-0.4, -0.2) is 32.1 Å². The number of rotatable bonds is 10. The van der Waals surface area contributed by atoms with Gasteiger partial charge < -0.3 is 35.5 Å². The number of methoxy groups -OCH3 is 1. The zero-order valence-electron chi connectivity index (χ0n) is 19.7. The third-order valence-corrected chi connectivity index (χ3v) is 5.20. The number of ether oxygens (including phenoxy) is 3. The smallest absolute Gasteiger partial charge is 0.407 e. The van der Waals surface area contributed by atoms with Crippen molar-refractivity contribution in [1.82, 2.24) is 10.6 Å². The summed E-state index contributed by atoms with van der Waals surface area (Å²) in [5.41, 5.74) is 2.68. The van der Waals surface area contributed by atoms with E-state index in [1.165, 1.54) is 0 Å². The van der Waals surface area contributed by atoms with E-state index in [1.807, 2.05) is 19.1 Å². The molecule has 0 spiro atoms. The average Bonchev–Trinajstić information content (AvgIpc) is 3.40. The highest BCUT2D eigenvalue weighted by Gasteiger charge is 2.15. The van der Waals surface area contributed by atoms with E-state index in [9.17, 15) is 9.59 Å². The third kappa shape index (κ3) is 7.57. The number of hydrogen-bond donors (Lipinski definition) is 4. The lowest BCUT2D eigenvalue weighted by atomic mass is 10.1. The molecule has 0 fully saturated rings. The SMILES string of the molecule is CC[C@H](CCC#N)OC(=O)NCc1cccc(NC(=O)Nc2ccc(C3=CNCO3)c(OC)c2)c1. The van der Waals surface area contributed by atoms with Gasteiger partial charge in [0.05, 0.1) is 18.7 Å². The van der Waals surface area contributed by atoms with E-state index in [0.717, 1.165) is 11.1 Å². The molecule has 4 N–H and O–H groups in total. The molecule has 0 unspecified atom stereocenters. The second-order valence-electron chi connectivity index (χ2n) is 7.68. The van der Waals surface area contributed by atoms with Gasteiger partial charge in [-0.3, -0.25) is 0 Å². The normalized spacial score (nSPS) is 12.8. The predicted molar refractivity (Wildman–Crippen MR) is 131 cm³/mol. The van der Waals surface area contributed by atoms with Crippen LogP contribution >= 0.6 is 0 Å². The molecule has 0 saturated heterocycles. The highest BCUT2D eigenvalue weighted by atomic mass is 16.6. The Morgan fingerprint density at radius 2 is 2.00 bits per heavy atom. The van der Waals surface area contributed by atoms with Crippen LogP contribution in [0.1, 0.15) is 37.3 Å². The van der Waals surface area contributed by atoms with Gasteiger partial charge in [0.15, 0.2) is 6.73 Å². The van der Waals surface area contributed by atoms with Crippen LogP contribution in [-0.2, 0) is 16.0 Å². The molecule has 0 aliphatic carbocycles. The Bertz CT molecular complexity index is 1110. The first-order valence-corrected chi connectivity index (χ1v) is 11.3. The van der Waals surface area contributed by atoms with Crippen molar-refractivity contribution in [3.8, 4) is 11.8 Å². The Balaban J connectivity index is 1.53. The number of urea groups is 1. The lowest BCUT2D eigenvalue weighted by Gasteiger charge is -2.15. The summed E-state index contributed by atoms with van der Waals surface area (Å²) in [5, 5.41) is 19.9. The first kappa shape index (κ1) is 25.2. The van der Waals surface area contributed by atoms with Crippen LogP contribution in [0.15, 0.2) is 48.7 Å². The molecule has 3 rings (SSSR count). The number of hydrogen-bond acceptors (Lipinski definition) is 7. The Kier molecular flexibility index (Phi) is 9.19. The summed E-state index contributed by atoms with van der Waals surface area (Å²) in [7, 11) is 1.55. The number of amides is 3. The minimum atomic E-state index is -0.544. The van der Waals surface area contributed by atoms with Gasteiger partial charge in [-0.05, 0) is 42.7 Å². The minimum absolute atomic E-state index is 0.232. The lowest BCUT2D eigenvalue weighted by Crippen LogP contribution is -2.28. The van der Waals surface area contributed by atoms with Gasteiger partial charge in [0.1, 0.15) is 17.6 Å². The molecule has 2 aromatic rings. The van der Waals surface area contributed by atoms with Crippen molar-refractivity contribution < 1.29 is 23.8 Å². The van der Waals surface area contributed by atoms with Gasteiger partial charge in [-0.1, -0.05) is 19.1 Å². The molecule has 35 heavy (non-hydrogen) atoms. The van der Waals surface area contributed by atoms with Crippen LogP contribution in [0, 0.1) is 11.3 Å². The number of benzene rings is 2. The topological polar surface area (TPSA) is 134 Å². The molecule has 2 aromatic carbocycles. The quantitative estimate of drug-likeness (QED) is 0.393. The van der Waals surface area contributed by atoms with E-state index in [4.69, 9.17) is 19.5 Å². The van der Waals surface area contributed by atoms with Crippen LogP contribution in [0.25, 0.3) is 5.76 Å². The van der Waals surface area contributed by atoms with Gasteiger partial charge >= 0.3 is 12.1 Å². The molecular weight excluding hydrogens is 450 g/mol. The van der Waals surface area contributed by atoms with Crippen molar-refractivity contribution in [2.75, 3.05) is 24.5 Å². The summed E-state index contributed by atoms with van der Waals surface area (Å²) in [5.74, 6) is 1.23. The molecule has 1 heterocycles. The maximum absolute atomic E-state index is 12.5. The summed E-state index contributed by atoms with van der Waals surface area (Å²) in [6, 6.07) is 14.0. The number of nitriles is 1. The van der Waals surface area contributed by atoms with E-state index in [2.05, 4.69) is 27.3 Å². The molecule has 1 aliphatic rings. The summed E-state index contributed by atoms with van der Waals surface area (Å²) >= 11 is 0. The second-order valence-corrected chi connectivity index (χ2v) is 7.68. The maximum Gasteiger partial charge on any atom is 0.407 e. The maximum atomic E-state index is 12.5. The molecule has 1 atom stereocenters. The summed E-state index contributed by atoms with van der Waals surface area (Å²) in [4.78, 5) is 24.6. The first-order chi connectivity index (χ1) is 17.0. The standard InChI is InChI=1S/C25H29N5O5/c1-3-20(8-5-11-26)35-25(32)28-14-17-6-4-7-18(12-17)29-24(31)30-19-9-10-21(22(13-19)33-2)23-15-27-16-34-23/h4,6-7,9-10,12-13,15,20,27H,3,5,8,14,16H2,1-2H3,(H,28,32)(H2,29,30,31)/t20-/m1/s1. The van der Waals surface area contributed by atoms with Crippen molar-refractivity contribution in [3.05, 3.63) is 59.8 Å². The van der Waals surface area contributed by atoms with E-state index in [0.29, 0.717) is 48.9 Å². The number of alkyl carbamates (subject to hydrolysis) is 1. The summed E-state index contributed by atoms with van der Waals surface area (Å²) < 4.78 is 16.3. The molecule has 10 heteroatoms. The van der Waals surface area contributed by atoms with Gasteiger partial charge in [0.2, 0.25) is 0 Å². The monoisotopic (exact) mass is 479 g/mol. The molecule has 3 amide bonds. The largest absolute Gasteiger partial charge is 0.496 e. The van der Waals surface area contributed by atoms with Crippen molar-refractivity contribution in [3.63, 3.8) is 0 Å². The molecule has 0 radical (unpaired) electrons. The Morgan fingerprint density at radius 3 is 2.69 bits per heavy atom. The number of anilines is 2. The molecule has 0 saturated carbocycles. The fourth-order valence-corrected chi connectivity index (χ4v) is 3.42. The fraction of sp³-hybridized carbons (Fsp3) is 0.320. The van der Waals surface area contributed by atoms with E-state index in [-0.39, 0.29) is 12.6 Å². The number of nitrogens with one attached hydrogen (secondary N) is 4. The molecule has 10 nitrogen and oxygen atoms in total. The zero-order chi connectivity index (χ0) is 25.0. The number of nitrogens with zero attached hydrogens (tertiary/aromatic N) is 1. The molecule has 0 bridgehead atoms. The first-order valence-electron chi connectivity index (χ1n) is 11.3. The summed E-state index contributed by atoms with van der Waals surface area (Å²) in [6.45, 7) is 2.54. The van der Waals surface area contributed by atoms with Crippen LogP contribution in [0.3, 0.4) is 0 Å². The van der Waals surface area contributed by atoms with Crippen LogP contribution in [0.4, 0.5) is 21.0 Å². The Hall–Kier alpha value is -4.39. The third-order valence-electron chi connectivity index (χ3n) is 5.20. The average molecular weight is 480 g/mol. The van der Waals surface area contributed by atoms with Crippen molar-refractivity contribution in [2.45, 2.75) is 38.8 Å². The highest BCUT2D eigenvalue weighted by molar-refractivity contribution is 6.00. The summed E-state index contributed by atoms with van der Waals surface area (Å²) in [6.07, 6.45) is 2.41. The van der Waals surface area contributed by atoms with E-state index in [1.54, 1.807) is 43.6 Å². The van der Waals surface area contributed by atoms with Gasteiger partial charge in [0.25, 0.3) is 0 Å². The van der Waals surface area contributed by atoms with Gasteiger partial charge in [-0.25, -0.2) is 9.59 Å². The van der Waals surface area contributed by atoms with Gasteiger partial charge in [-0.2, -0.15) is 5.26 Å². The van der Waals surface area contributed by atoms with Gasteiger partial charge in [0, 0.05) is 36.6 Å². The predicted octanol–water partition coefficient (Wildman–Crippen LogP) is 4.52. The van der Waals surface area contributed by atoms with Crippen LogP contribution < -0.4 is 26.0 Å². The molecule has 1 aliphatic heterocycles.